The van der Waals surface area contributed by atoms with E-state index >= 15 is 0 Å². The summed E-state index contributed by atoms with van der Waals surface area (Å²) >= 11 is 5.03. The number of amides is 1. The van der Waals surface area contributed by atoms with Crippen LogP contribution < -0.4 is 10.0 Å². The molecule has 0 saturated heterocycles. The van der Waals surface area contributed by atoms with Gasteiger partial charge in [-0.2, -0.15) is 5.26 Å². The maximum atomic E-state index is 11.4. The van der Waals surface area contributed by atoms with Gasteiger partial charge in [0.05, 0.1) is 39.6 Å². The van der Waals surface area contributed by atoms with E-state index in [1.165, 1.54) is 0 Å². The third-order valence-corrected chi connectivity index (χ3v) is 3.80. The molecule has 9 heteroatoms. The van der Waals surface area contributed by atoms with Gasteiger partial charge in [0.15, 0.2) is 0 Å². The Morgan fingerprint density at radius 2 is 1.96 bits per heavy atom. The van der Waals surface area contributed by atoms with Crippen LogP contribution in [-0.4, -0.2) is 57.5 Å². The van der Waals surface area contributed by atoms with Crippen molar-refractivity contribution in [2.24, 2.45) is 0 Å². The number of carbonyl (C=O) groups is 1. The monoisotopic (exact) mass is 389 g/mol. The summed E-state index contributed by atoms with van der Waals surface area (Å²) in [5, 5.41) is 13.4. The minimum absolute atomic E-state index is 0.0776. The predicted octanol–water partition coefficient (Wildman–Crippen LogP) is 1.32. The number of nitrogens with one attached hydrogen (secondary N) is 2. The minimum atomic E-state index is -0.151. The number of hydrogen-bond acceptors (Lipinski definition) is 8. The molecule has 0 aromatic heterocycles. The van der Waals surface area contributed by atoms with Gasteiger partial charge in [-0.25, -0.2) is 0 Å². The van der Waals surface area contributed by atoms with Crippen LogP contribution in [0.1, 0.15) is 26.2 Å². The Hall–Kier alpha value is -0.940. The first-order valence-electron chi connectivity index (χ1n) is 8.09. The fourth-order valence-electron chi connectivity index (χ4n) is 1.63. The number of rotatable bonds is 16. The van der Waals surface area contributed by atoms with Crippen molar-refractivity contribution in [2.45, 2.75) is 31.6 Å². The van der Waals surface area contributed by atoms with Gasteiger partial charge >= 0.3 is 0 Å². The zero-order valence-corrected chi connectivity index (χ0v) is 16.3. The minimum Gasteiger partial charge on any atom is -0.379 e. The topological polar surface area (TPSA) is 92.6 Å². The van der Waals surface area contributed by atoms with Gasteiger partial charge in [-0.15, -0.1) is 5.92 Å². The highest BCUT2D eigenvalue weighted by atomic mass is 32.2. The lowest BCUT2D eigenvalue weighted by Crippen LogP contribution is -2.25. The molecule has 25 heavy (non-hydrogen) atoms. The lowest BCUT2D eigenvalue weighted by Gasteiger charge is -2.14. The molecule has 0 aliphatic rings. The number of thiol groups is 1. The van der Waals surface area contributed by atoms with Crippen LogP contribution in [0.15, 0.2) is 0 Å². The zero-order chi connectivity index (χ0) is 18.6. The third-order valence-electron chi connectivity index (χ3n) is 2.84. The van der Waals surface area contributed by atoms with Gasteiger partial charge in [0.25, 0.3) is 0 Å². The second kappa shape index (κ2) is 19.4. The highest BCUT2D eigenvalue weighted by Crippen LogP contribution is 2.16. The summed E-state index contributed by atoms with van der Waals surface area (Å²) in [4.78, 5) is 11.4. The molecule has 0 bridgehead atoms. The van der Waals surface area contributed by atoms with E-state index in [0.717, 1.165) is 31.1 Å². The van der Waals surface area contributed by atoms with E-state index in [1.54, 1.807) is 6.92 Å². The number of nitriles is 1. The highest BCUT2D eigenvalue weighted by molar-refractivity contribution is 8.04. The number of thiocyanates is 1. The van der Waals surface area contributed by atoms with E-state index in [4.69, 9.17) is 19.5 Å². The van der Waals surface area contributed by atoms with Crippen LogP contribution >= 0.6 is 24.6 Å². The molecule has 0 rings (SSSR count). The van der Waals surface area contributed by atoms with Crippen LogP contribution in [0, 0.1) is 22.5 Å². The van der Waals surface area contributed by atoms with Crippen molar-refractivity contribution in [2.75, 3.05) is 46.1 Å². The molecule has 0 spiro atoms. The van der Waals surface area contributed by atoms with E-state index in [-0.39, 0.29) is 11.3 Å². The fraction of sp³-hybridized carbons (Fsp3) is 0.750. The Kier molecular flexibility index (Phi) is 18.7. The molecular formula is C16H27N3O4S2. The molecule has 0 aliphatic carbocycles. The molecule has 0 radical (unpaired) electrons. The second-order valence-corrected chi connectivity index (χ2v) is 6.00. The number of hydrogen-bond donors (Lipinski definition) is 3. The van der Waals surface area contributed by atoms with Crippen molar-refractivity contribution in [3.63, 3.8) is 0 Å². The Labute approximate surface area is 160 Å². The maximum Gasteiger partial charge on any atom is 0.223 e. The average Bonchev–Trinajstić information content (AvgIpc) is 2.60. The molecule has 7 nitrogen and oxygen atoms in total. The van der Waals surface area contributed by atoms with Gasteiger partial charge in [-0.3, -0.25) is 9.52 Å². The summed E-state index contributed by atoms with van der Waals surface area (Å²) in [7, 11) is 0. The smallest absolute Gasteiger partial charge is 0.223 e. The predicted molar refractivity (Wildman–Crippen MR) is 102 cm³/mol. The Balaban J connectivity index is 3.45. The van der Waals surface area contributed by atoms with E-state index in [2.05, 4.69) is 34.7 Å². The number of ether oxygens (including phenoxy) is 3. The van der Waals surface area contributed by atoms with Crippen LogP contribution in [0.2, 0.25) is 0 Å². The molecule has 142 valence electrons. The molecular weight excluding hydrogens is 362 g/mol. The SMILES string of the molecule is CC#CCNC(=O)CCOCCOCCOC(CCCNS)SC#N. The molecule has 0 saturated carbocycles. The molecule has 2 N–H and O–H groups in total. The van der Waals surface area contributed by atoms with Gasteiger partial charge < -0.3 is 19.5 Å². The van der Waals surface area contributed by atoms with E-state index in [0.29, 0.717) is 46.0 Å². The molecule has 0 aliphatic heterocycles. The van der Waals surface area contributed by atoms with Crippen LogP contribution in [0.5, 0.6) is 0 Å². The molecule has 1 amide bonds. The van der Waals surface area contributed by atoms with Crippen molar-refractivity contribution in [1.29, 1.82) is 5.26 Å². The van der Waals surface area contributed by atoms with Gasteiger partial charge in [-0.1, -0.05) is 18.7 Å². The van der Waals surface area contributed by atoms with E-state index in [1.807, 2.05) is 5.40 Å². The van der Waals surface area contributed by atoms with Crippen molar-refractivity contribution < 1.29 is 19.0 Å². The molecule has 0 heterocycles. The summed E-state index contributed by atoms with van der Waals surface area (Å²) in [5.41, 5.74) is -0.151. The fourth-order valence-corrected chi connectivity index (χ4v) is 2.35. The van der Waals surface area contributed by atoms with Crippen molar-refractivity contribution in [3.8, 4) is 17.2 Å². The van der Waals surface area contributed by atoms with Crippen LogP contribution in [0.4, 0.5) is 0 Å². The first-order valence-corrected chi connectivity index (χ1v) is 9.42. The Bertz CT molecular complexity index is 435. The number of carbonyl (C=O) groups excluding carboxylic acids is 1. The number of thioether (sulfide) groups is 1. The second-order valence-electron chi connectivity index (χ2n) is 4.74. The maximum absolute atomic E-state index is 11.4. The largest absolute Gasteiger partial charge is 0.379 e. The van der Waals surface area contributed by atoms with Crippen LogP contribution in [-0.2, 0) is 19.0 Å². The molecule has 1 unspecified atom stereocenters. The normalized spacial score (nSPS) is 11.2. The van der Waals surface area contributed by atoms with Crippen molar-refractivity contribution in [3.05, 3.63) is 0 Å². The Morgan fingerprint density at radius 1 is 1.24 bits per heavy atom. The highest BCUT2D eigenvalue weighted by Gasteiger charge is 2.09. The van der Waals surface area contributed by atoms with Gasteiger partial charge in [-0.05, 0) is 31.5 Å². The summed E-state index contributed by atoms with van der Waals surface area (Å²) in [6.07, 6.45) is 1.97. The first-order chi connectivity index (χ1) is 12.2. The van der Waals surface area contributed by atoms with E-state index in [9.17, 15) is 4.79 Å². The molecule has 0 aromatic rings. The molecule has 1 atom stereocenters. The Morgan fingerprint density at radius 3 is 2.64 bits per heavy atom. The van der Waals surface area contributed by atoms with Crippen molar-refractivity contribution >= 4 is 30.5 Å². The average molecular weight is 390 g/mol. The summed E-state index contributed by atoms with van der Waals surface area (Å²) in [6, 6.07) is 0. The van der Waals surface area contributed by atoms with E-state index < -0.39 is 0 Å². The first kappa shape index (κ1) is 24.1. The lowest BCUT2D eigenvalue weighted by atomic mass is 10.3. The summed E-state index contributed by atoms with van der Waals surface area (Å²) in [6.45, 7) is 4.94. The molecule has 0 fully saturated rings. The third kappa shape index (κ3) is 17.7. The lowest BCUT2D eigenvalue weighted by molar-refractivity contribution is -0.122. The zero-order valence-electron chi connectivity index (χ0n) is 14.6. The van der Waals surface area contributed by atoms with Gasteiger partial charge in [0.1, 0.15) is 10.8 Å². The van der Waals surface area contributed by atoms with Crippen molar-refractivity contribution in [1.82, 2.24) is 10.0 Å². The van der Waals surface area contributed by atoms with Gasteiger partial charge in [0.2, 0.25) is 5.91 Å². The van der Waals surface area contributed by atoms with Gasteiger partial charge in [0, 0.05) is 13.0 Å². The quantitative estimate of drug-likeness (QED) is 0.121. The standard InChI is InChI=1S/C16H27N3O4S2/c1-2-3-7-18-15(20)6-9-21-10-11-22-12-13-23-16(25-14-17)5-4-8-19-24/h16,19,24H,4-13H2,1H3,(H,18,20). The van der Waals surface area contributed by atoms with Crippen LogP contribution in [0.3, 0.4) is 0 Å². The van der Waals surface area contributed by atoms with Crippen LogP contribution in [0.25, 0.3) is 0 Å². The number of nitrogens with zero attached hydrogens (tertiary/aromatic N) is 1. The summed E-state index contributed by atoms with van der Waals surface area (Å²) in [5.74, 6) is 5.39. The molecule has 0 aromatic carbocycles. The summed E-state index contributed by atoms with van der Waals surface area (Å²) < 4.78 is 19.1.